The fourth-order valence-electron chi connectivity index (χ4n) is 3.84. The molecule has 150 valence electrons. The molecular formula is C21H34N4O2. The van der Waals surface area contributed by atoms with Crippen LogP contribution in [0.5, 0.6) is 0 Å². The van der Waals surface area contributed by atoms with Gasteiger partial charge in [0.25, 0.3) is 0 Å². The third kappa shape index (κ3) is 5.12. The molecule has 27 heavy (non-hydrogen) atoms. The number of carbonyl (C=O) groups is 1. The Morgan fingerprint density at radius 1 is 1.07 bits per heavy atom. The number of anilines is 1. The predicted octanol–water partition coefficient (Wildman–Crippen LogP) is 3.26. The second-order valence-corrected chi connectivity index (χ2v) is 8.90. The van der Waals surface area contributed by atoms with E-state index >= 15 is 0 Å². The molecule has 0 bridgehead atoms. The fourth-order valence-corrected chi connectivity index (χ4v) is 3.84. The molecule has 6 nitrogen and oxygen atoms in total. The van der Waals surface area contributed by atoms with E-state index in [0.717, 1.165) is 63.6 Å². The van der Waals surface area contributed by atoms with Crippen molar-refractivity contribution in [3.05, 3.63) is 23.4 Å². The molecule has 2 saturated heterocycles. The molecule has 2 aliphatic rings. The van der Waals surface area contributed by atoms with E-state index in [1.165, 1.54) is 5.56 Å². The number of rotatable bonds is 2. The van der Waals surface area contributed by atoms with Crippen molar-refractivity contribution in [1.82, 2.24) is 14.8 Å². The third-order valence-corrected chi connectivity index (χ3v) is 5.43. The zero-order valence-electron chi connectivity index (χ0n) is 17.5. The van der Waals surface area contributed by atoms with Crippen LogP contribution in [0.2, 0.25) is 0 Å². The summed E-state index contributed by atoms with van der Waals surface area (Å²) in [5, 5.41) is 0. The number of aromatic nitrogens is 1. The van der Waals surface area contributed by atoms with Crippen molar-refractivity contribution in [1.29, 1.82) is 0 Å². The van der Waals surface area contributed by atoms with Gasteiger partial charge in [-0.05, 0) is 65.1 Å². The molecule has 0 radical (unpaired) electrons. The number of likely N-dealkylation sites (N-methyl/N-ethyl adjacent to an activating group) is 1. The van der Waals surface area contributed by atoms with Gasteiger partial charge in [0.1, 0.15) is 11.4 Å². The van der Waals surface area contributed by atoms with Crippen LogP contribution in [-0.4, -0.2) is 72.8 Å². The van der Waals surface area contributed by atoms with Gasteiger partial charge in [-0.2, -0.15) is 0 Å². The van der Waals surface area contributed by atoms with Gasteiger partial charge < -0.3 is 19.4 Å². The molecule has 1 aromatic heterocycles. The van der Waals surface area contributed by atoms with Crippen LogP contribution in [0.15, 0.2) is 12.1 Å². The number of likely N-dealkylation sites (tertiary alicyclic amines) is 1. The minimum absolute atomic E-state index is 0.192. The molecule has 0 unspecified atom stereocenters. The van der Waals surface area contributed by atoms with E-state index in [2.05, 4.69) is 35.9 Å². The molecule has 2 aliphatic heterocycles. The van der Waals surface area contributed by atoms with Gasteiger partial charge >= 0.3 is 6.09 Å². The highest BCUT2D eigenvalue weighted by atomic mass is 16.6. The van der Waals surface area contributed by atoms with Crippen LogP contribution in [0.25, 0.3) is 0 Å². The molecule has 6 heteroatoms. The molecule has 3 heterocycles. The highest BCUT2D eigenvalue weighted by Gasteiger charge is 2.30. The summed E-state index contributed by atoms with van der Waals surface area (Å²) in [7, 11) is 2.17. The third-order valence-electron chi connectivity index (χ3n) is 5.43. The number of amides is 1. The van der Waals surface area contributed by atoms with Gasteiger partial charge in [0.2, 0.25) is 0 Å². The number of pyridine rings is 1. The van der Waals surface area contributed by atoms with Gasteiger partial charge in [-0.25, -0.2) is 9.78 Å². The number of piperazine rings is 1. The fraction of sp³-hybridized carbons (Fsp3) is 0.714. The largest absolute Gasteiger partial charge is 0.444 e. The van der Waals surface area contributed by atoms with Gasteiger partial charge in [-0.1, -0.05) is 6.07 Å². The maximum absolute atomic E-state index is 12.3. The van der Waals surface area contributed by atoms with E-state index in [1.54, 1.807) is 0 Å². The number of nitrogens with zero attached hydrogens (tertiary/aromatic N) is 4. The average Bonchev–Trinajstić information content (AvgIpc) is 2.61. The molecule has 0 aliphatic carbocycles. The summed E-state index contributed by atoms with van der Waals surface area (Å²) in [6.45, 7) is 13.5. The average molecular weight is 375 g/mol. The summed E-state index contributed by atoms with van der Waals surface area (Å²) in [5.74, 6) is 1.60. The van der Waals surface area contributed by atoms with Crippen molar-refractivity contribution in [3.8, 4) is 0 Å². The van der Waals surface area contributed by atoms with Crippen LogP contribution in [-0.2, 0) is 4.74 Å². The Labute approximate surface area is 163 Å². The first-order chi connectivity index (χ1) is 12.7. The minimum Gasteiger partial charge on any atom is -0.444 e. The number of aryl methyl sites for hydroxylation is 1. The van der Waals surface area contributed by atoms with Crippen LogP contribution in [0.1, 0.15) is 50.8 Å². The number of hydrogen-bond donors (Lipinski definition) is 0. The Morgan fingerprint density at radius 3 is 2.30 bits per heavy atom. The second kappa shape index (κ2) is 8.05. The first kappa shape index (κ1) is 19.9. The SMILES string of the molecule is Cc1ccc(C2CCN(C(=O)OC(C)(C)C)CC2)c(N2CCN(C)CC2)n1. The molecule has 2 fully saturated rings. The van der Waals surface area contributed by atoms with Crippen molar-refractivity contribution in [2.24, 2.45) is 0 Å². The van der Waals surface area contributed by atoms with Gasteiger partial charge in [0.15, 0.2) is 0 Å². The highest BCUT2D eigenvalue weighted by Crippen LogP contribution is 2.34. The van der Waals surface area contributed by atoms with Crippen LogP contribution in [0.3, 0.4) is 0 Å². The van der Waals surface area contributed by atoms with E-state index in [1.807, 2.05) is 25.7 Å². The standard InChI is InChI=1S/C21H34N4O2/c1-16-6-7-18(19(22-16)24-14-12-23(5)13-15-24)17-8-10-25(11-9-17)20(26)27-21(2,3)4/h6-7,17H,8-15H2,1-5H3. The van der Waals surface area contributed by atoms with E-state index in [9.17, 15) is 4.79 Å². The lowest BCUT2D eigenvalue weighted by Crippen LogP contribution is -2.45. The van der Waals surface area contributed by atoms with Crippen LogP contribution < -0.4 is 4.90 Å². The maximum atomic E-state index is 12.3. The van der Waals surface area contributed by atoms with Crippen LogP contribution >= 0.6 is 0 Å². The van der Waals surface area contributed by atoms with Crippen molar-refractivity contribution in [2.75, 3.05) is 51.2 Å². The molecule has 1 amide bonds. The Hall–Kier alpha value is -1.82. The lowest BCUT2D eigenvalue weighted by atomic mass is 9.89. The number of ether oxygens (including phenoxy) is 1. The summed E-state index contributed by atoms with van der Waals surface area (Å²) in [6.07, 6.45) is 1.73. The van der Waals surface area contributed by atoms with Gasteiger partial charge in [-0.15, -0.1) is 0 Å². The quantitative estimate of drug-likeness (QED) is 0.795. The molecular weight excluding hydrogens is 340 g/mol. The molecule has 0 aromatic carbocycles. The summed E-state index contributed by atoms with van der Waals surface area (Å²) in [6, 6.07) is 4.37. The second-order valence-electron chi connectivity index (χ2n) is 8.90. The lowest BCUT2D eigenvalue weighted by molar-refractivity contribution is 0.0205. The first-order valence-electron chi connectivity index (χ1n) is 10.1. The van der Waals surface area contributed by atoms with Crippen LogP contribution in [0.4, 0.5) is 10.6 Å². The molecule has 3 rings (SSSR count). The normalized spacial score (nSPS) is 20.0. The zero-order valence-corrected chi connectivity index (χ0v) is 17.5. The number of piperidine rings is 1. The van der Waals surface area contributed by atoms with E-state index in [-0.39, 0.29) is 6.09 Å². The zero-order chi connectivity index (χ0) is 19.6. The number of hydrogen-bond acceptors (Lipinski definition) is 5. The molecule has 0 N–H and O–H groups in total. The van der Waals surface area contributed by atoms with Crippen molar-refractivity contribution >= 4 is 11.9 Å². The van der Waals surface area contributed by atoms with Crippen molar-refractivity contribution in [2.45, 2.75) is 52.1 Å². The number of carbonyl (C=O) groups excluding carboxylic acids is 1. The van der Waals surface area contributed by atoms with E-state index < -0.39 is 5.60 Å². The Morgan fingerprint density at radius 2 is 1.70 bits per heavy atom. The summed E-state index contributed by atoms with van der Waals surface area (Å²) in [4.78, 5) is 23.9. The lowest BCUT2D eigenvalue weighted by Gasteiger charge is -2.37. The van der Waals surface area contributed by atoms with E-state index in [4.69, 9.17) is 9.72 Å². The summed E-state index contributed by atoms with van der Waals surface area (Å²) < 4.78 is 5.52. The van der Waals surface area contributed by atoms with Crippen LogP contribution in [0, 0.1) is 6.92 Å². The molecule has 1 aromatic rings. The van der Waals surface area contributed by atoms with Gasteiger partial charge in [-0.3, -0.25) is 0 Å². The highest BCUT2D eigenvalue weighted by molar-refractivity contribution is 5.68. The maximum Gasteiger partial charge on any atom is 0.410 e. The van der Waals surface area contributed by atoms with Crippen molar-refractivity contribution in [3.63, 3.8) is 0 Å². The summed E-state index contributed by atoms with van der Waals surface area (Å²) >= 11 is 0. The Bertz CT molecular complexity index is 655. The molecule has 0 spiro atoms. The van der Waals surface area contributed by atoms with Gasteiger partial charge in [0, 0.05) is 45.0 Å². The van der Waals surface area contributed by atoms with E-state index in [0.29, 0.717) is 5.92 Å². The monoisotopic (exact) mass is 374 g/mol. The predicted molar refractivity (Wildman–Crippen MR) is 108 cm³/mol. The Kier molecular flexibility index (Phi) is 5.94. The molecule has 0 atom stereocenters. The smallest absolute Gasteiger partial charge is 0.410 e. The molecule has 0 saturated carbocycles. The summed E-state index contributed by atoms with van der Waals surface area (Å²) in [5.41, 5.74) is 1.97. The van der Waals surface area contributed by atoms with Gasteiger partial charge in [0.05, 0.1) is 0 Å². The van der Waals surface area contributed by atoms with Crippen molar-refractivity contribution < 1.29 is 9.53 Å². The first-order valence-corrected chi connectivity index (χ1v) is 10.1. The minimum atomic E-state index is -0.441. The topological polar surface area (TPSA) is 48.9 Å². The Balaban J connectivity index is 1.68.